The van der Waals surface area contributed by atoms with Crippen LogP contribution in [0.5, 0.6) is 0 Å². The Labute approximate surface area is 102 Å². The molecular weight excluding hydrogens is 208 g/mol. The van der Waals surface area contributed by atoms with Crippen molar-refractivity contribution in [3.63, 3.8) is 0 Å². The van der Waals surface area contributed by atoms with Crippen molar-refractivity contribution in [1.82, 2.24) is 4.98 Å². The van der Waals surface area contributed by atoms with Crippen molar-refractivity contribution in [2.24, 2.45) is 0 Å². The van der Waals surface area contributed by atoms with Crippen molar-refractivity contribution < 1.29 is 0 Å². The van der Waals surface area contributed by atoms with E-state index in [2.05, 4.69) is 47.6 Å². The summed E-state index contributed by atoms with van der Waals surface area (Å²) in [5.74, 6) is 0. The predicted octanol–water partition coefficient (Wildman–Crippen LogP) is 3.49. The van der Waals surface area contributed by atoms with Crippen molar-refractivity contribution in [3.8, 4) is 0 Å². The topological polar surface area (TPSA) is 24.9 Å². The Morgan fingerprint density at radius 3 is 3.00 bits per heavy atom. The van der Waals surface area contributed by atoms with Crippen LogP contribution in [-0.2, 0) is 6.42 Å². The molecule has 1 aliphatic carbocycles. The van der Waals surface area contributed by atoms with E-state index in [1.807, 2.05) is 12.4 Å². The van der Waals surface area contributed by atoms with Gasteiger partial charge in [0.25, 0.3) is 0 Å². The molecule has 86 valence electrons. The zero-order chi connectivity index (χ0) is 11.7. The van der Waals surface area contributed by atoms with Crippen LogP contribution >= 0.6 is 0 Å². The van der Waals surface area contributed by atoms with Gasteiger partial charge >= 0.3 is 0 Å². The first-order chi connectivity index (χ1) is 8.33. The fourth-order valence-electron chi connectivity index (χ4n) is 2.54. The van der Waals surface area contributed by atoms with Crippen molar-refractivity contribution in [2.45, 2.75) is 25.8 Å². The highest BCUT2D eigenvalue weighted by atomic mass is 14.9. The van der Waals surface area contributed by atoms with Gasteiger partial charge in [-0.25, -0.2) is 0 Å². The molecule has 17 heavy (non-hydrogen) atoms. The normalized spacial score (nSPS) is 17.8. The van der Waals surface area contributed by atoms with Crippen LogP contribution in [0.25, 0.3) is 0 Å². The summed E-state index contributed by atoms with van der Waals surface area (Å²) in [7, 11) is 0. The molecule has 1 N–H and O–H groups in total. The summed E-state index contributed by atoms with van der Waals surface area (Å²) in [6.07, 6.45) is 6.13. The van der Waals surface area contributed by atoms with Gasteiger partial charge in [0.2, 0.25) is 0 Å². The zero-order valence-corrected chi connectivity index (χ0v) is 9.98. The number of nitrogens with zero attached hydrogens (tertiary/aromatic N) is 1. The van der Waals surface area contributed by atoms with Crippen LogP contribution in [0.1, 0.15) is 29.2 Å². The lowest BCUT2D eigenvalue weighted by atomic mass is 10.1. The fraction of sp³-hybridized carbons (Fsp3) is 0.267. The van der Waals surface area contributed by atoms with E-state index in [-0.39, 0.29) is 0 Å². The third-order valence-electron chi connectivity index (χ3n) is 3.35. The molecule has 1 aromatic carbocycles. The van der Waals surface area contributed by atoms with E-state index >= 15 is 0 Å². The lowest BCUT2D eigenvalue weighted by Crippen LogP contribution is -2.07. The van der Waals surface area contributed by atoms with Crippen LogP contribution < -0.4 is 5.32 Å². The Hall–Kier alpha value is -1.83. The van der Waals surface area contributed by atoms with Gasteiger partial charge in [-0.2, -0.15) is 0 Å². The van der Waals surface area contributed by atoms with Crippen LogP contribution in [0.2, 0.25) is 0 Å². The van der Waals surface area contributed by atoms with Gasteiger partial charge in [-0.15, -0.1) is 0 Å². The van der Waals surface area contributed by atoms with Gasteiger partial charge in [-0.3, -0.25) is 4.98 Å². The summed E-state index contributed by atoms with van der Waals surface area (Å²) in [6, 6.07) is 11.3. The Morgan fingerprint density at radius 1 is 1.24 bits per heavy atom. The number of pyridine rings is 1. The molecule has 3 rings (SSSR count). The van der Waals surface area contributed by atoms with E-state index in [4.69, 9.17) is 0 Å². The standard InChI is InChI=1S/C15H16N2/c1-11-8-13(10-16-9-11)17-15-7-6-12-4-2-3-5-14(12)15/h2-5,8-10,15,17H,6-7H2,1H3. The molecule has 1 unspecified atom stereocenters. The Kier molecular flexibility index (Phi) is 2.56. The van der Waals surface area contributed by atoms with Crippen molar-refractivity contribution >= 4 is 5.69 Å². The molecule has 0 fully saturated rings. The van der Waals surface area contributed by atoms with Gasteiger partial charge in [0.1, 0.15) is 0 Å². The van der Waals surface area contributed by atoms with E-state index in [9.17, 15) is 0 Å². The zero-order valence-electron chi connectivity index (χ0n) is 9.98. The Bertz CT molecular complexity index is 534. The maximum absolute atomic E-state index is 4.22. The van der Waals surface area contributed by atoms with Crippen LogP contribution in [0.3, 0.4) is 0 Å². The molecule has 0 saturated heterocycles. The van der Waals surface area contributed by atoms with Crippen LogP contribution in [-0.4, -0.2) is 4.98 Å². The lowest BCUT2D eigenvalue weighted by Gasteiger charge is -2.15. The quantitative estimate of drug-likeness (QED) is 0.844. The Morgan fingerprint density at radius 2 is 2.12 bits per heavy atom. The molecule has 0 amide bonds. The first-order valence-corrected chi connectivity index (χ1v) is 6.09. The first kappa shape index (κ1) is 10.3. The second kappa shape index (κ2) is 4.21. The number of hydrogen-bond acceptors (Lipinski definition) is 2. The van der Waals surface area contributed by atoms with Gasteiger partial charge in [0.05, 0.1) is 11.7 Å². The largest absolute Gasteiger partial charge is 0.377 e. The second-order valence-electron chi connectivity index (χ2n) is 4.69. The van der Waals surface area contributed by atoms with E-state index in [0.29, 0.717) is 6.04 Å². The molecule has 0 bridgehead atoms. The monoisotopic (exact) mass is 224 g/mol. The molecule has 2 aromatic rings. The van der Waals surface area contributed by atoms with Crippen molar-refractivity contribution in [3.05, 3.63) is 59.4 Å². The van der Waals surface area contributed by atoms with E-state index < -0.39 is 0 Å². The molecule has 0 saturated carbocycles. The maximum atomic E-state index is 4.22. The predicted molar refractivity (Wildman–Crippen MR) is 70.1 cm³/mol. The number of fused-ring (bicyclic) bond motifs is 1. The number of aromatic nitrogens is 1. The minimum absolute atomic E-state index is 0.440. The van der Waals surface area contributed by atoms with E-state index in [1.165, 1.54) is 29.5 Å². The minimum atomic E-state index is 0.440. The van der Waals surface area contributed by atoms with Gasteiger partial charge in [-0.1, -0.05) is 24.3 Å². The molecule has 1 heterocycles. The van der Waals surface area contributed by atoms with Crippen LogP contribution in [0.15, 0.2) is 42.7 Å². The average molecular weight is 224 g/mol. The number of rotatable bonds is 2. The minimum Gasteiger partial charge on any atom is -0.377 e. The van der Waals surface area contributed by atoms with Crippen LogP contribution in [0, 0.1) is 6.92 Å². The molecule has 0 spiro atoms. The average Bonchev–Trinajstić information content (AvgIpc) is 2.73. The number of hydrogen-bond donors (Lipinski definition) is 1. The second-order valence-corrected chi connectivity index (χ2v) is 4.69. The van der Waals surface area contributed by atoms with Gasteiger partial charge < -0.3 is 5.32 Å². The maximum Gasteiger partial charge on any atom is 0.0534 e. The van der Waals surface area contributed by atoms with Gasteiger partial charge in [-0.05, 0) is 42.5 Å². The summed E-state index contributed by atoms with van der Waals surface area (Å²) < 4.78 is 0. The number of benzene rings is 1. The van der Waals surface area contributed by atoms with Gasteiger partial charge in [0.15, 0.2) is 0 Å². The smallest absolute Gasteiger partial charge is 0.0534 e. The summed E-state index contributed by atoms with van der Waals surface area (Å²) in [4.78, 5) is 4.22. The highest BCUT2D eigenvalue weighted by Crippen LogP contribution is 2.33. The molecule has 1 atom stereocenters. The molecular formula is C15H16N2. The third kappa shape index (κ3) is 2.03. The summed E-state index contributed by atoms with van der Waals surface area (Å²) in [6.45, 7) is 2.07. The van der Waals surface area contributed by atoms with Crippen molar-refractivity contribution in [2.75, 3.05) is 5.32 Å². The summed E-state index contributed by atoms with van der Waals surface area (Å²) >= 11 is 0. The first-order valence-electron chi connectivity index (χ1n) is 6.09. The van der Waals surface area contributed by atoms with Crippen LogP contribution in [0.4, 0.5) is 5.69 Å². The molecule has 2 nitrogen and oxygen atoms in total. The summed E-state index contributed by atoms with van der Waals surface area (Å²) in [5, 5.41) is 3.58. The third-order valence-corrected chi connectivity index (χ3v) is 3.35. The molecule has 1 aliphatic rings. The Balaban J connectivity index is 1.84. The molecule has 0 radical (unpaired) electrons. The number of aryl methyl sites for hydroxylation is 2. The van der Waals surface area contributed by atoms with E-state index in [0.717, 1.165) is 5.69 Å². The fourth-order valence-corrected chi connectivity index (χ4v) is 2.54. The number of nitrogens with one attached hydrogen (secondary N) is 1. The number of anilines is 1. The SMILES string of the molecule is Cc1cncc(NC2CCc3ccccc32)c1. The highest BCUT2D eigenvalue weighted by molar-refractivity contribution is 5.47. The lowest BCUT2D eigenvalue weighted by molar-refractivity contribution is 0.761. The highest BCUT2D eigenvalue weighted by Gasteiger charge is 2.21. The molecule has 0 aliphatic heterocycles. The molecule has 2 heteroatoms. The summed E-state index contributed by atoms with van der Waals surface area (Å²) in [5.41, 5.74) is 5.23. The van der Waals surface area contributed by atoms with Gasteiger partial charge in [0, 0.05) is 12.4 Å². The van der Waals surface area contributed by atoms with E-state index in [1.54, 1.807) is 0 Å². The van der Waals surface area contributed by atoms with Crippen molar-refractivity contribution in [1.29, 1.82) is 0 Å². The molecule has 1 aromatic heterocycles.